The average molecular weight is 452 g/mol. The lowest BCUT2D eigenvalue weighted by Crippen LogP contribution is -2.40. The molecule has 1 saturated heterocycles. The first-order valence-corrected chi connectivity index (χ1v) is 10.7. The Labute approximate surface area is 190 Å². The summed E-state index contributed by atoms with van der Waals surface area (Å²) in [5.74, 6) is -0.227. The van der Waals surface area contributed by atoms with Crippen molar-refractivity contribution in [1.82, 2.24) is 15.0 Å². The van der Waals surface area contributed by atoms with Gasteiger partial charge in [0.25, 0.3) is 0 Å². The van der Waals surface area contributed by atoms with Gasteiger partial charge in [0, 0.05) is 17.8 Å². The predicted molar refractivity (Wildman–Crippen MR) is 119 cm³/mol. The second-order valence-corrected chi connectivity index (χ2v) is 8.05. The van der Waals surface area contributed by atoms with Crippen LogP contribution in [0.1, 0.15) is 34.7 Å². The van der Waals surface area contributed by atoms with Gasteiger partial charge in [0.1, 0.15) is 5.82 Å². The van der Waals surface area contributed by atoms with Crippen molar-refractivity contribution in [2.45, 2.75) is 26.3 Å². The topological polar surface area (TPSA) is 97.6 Å². The summed E-state index contributed by atoms with van der Waals surface area (Å²) in [6.07, 6.45) is 1.63. The van der Waals surface area contributed by atoms with Gasteiger partial charge in [0.2, 0.25) is 17.6 Å². The molecule has 3 aromatic rings. The van der Waals surface area contributed by atoms with Crippen LogP contribution in [0.4, 0.5) is 10.1 Å². The van der Waals surface area contributed by atoms with Crippen LogP contribution in [0, 0.1) is 18.7 Å². The molecule has 0 bridgehead atoms. The number of likely N-dealkylation sites (tertiary alicyclic amines) is 1. The summed E-state index contributed by atoms with van der Waals surface area (Å²) >= 11 is 0. The van der Waals surface area contributed by atoms with E-state index >= 15 is 0 Å². The molecule has 0 aliphatic carbocycles. The Bertz CT molecular complexity index is 1150. The third kappa shape index (κ3) is 5.25. The number of carbonyl (C=O) groups excluding carboxylic acids is 2. The summed E-state index contributed by atoms with van der Waals surface area (Å²) in [6.45, 7) is 3.57. The van der Waals surface area contributed by atoms with Crippen molar-refractivity contribution in [3.63, 3.8) is 0 Å². The number of hydrogen-bond donors (Lipinski definition) is 1. The van der Waals surface area contributed by atoms with E-state index in [4.69, 9.17) is 9.26 Å². The molecule has 1 fully saturated rings. The Morgan fingerprint density at radius 3 is 2.79 bits per heavy atom. The molecule has 172 valence electrons. The number of methoxy groups -OCH3 is 1. The Morgan fingerprint density at radius 2 is 2.03 bits per heavy atom. The molecule has 2 heterocycles. The SMILES string of the molecule is COC(=O)c1cccc(NC(=O)C2CCCN(Cc3nc(-c4ccc(F)cc4)no3)C2)c1C. The number of amides is 1. The van der Waals surface area contributed by atoms with Gasteiger partial charge in [0.15, 0.2) is 0 Å². The zero-order valence-corrected chi connectivity index (χ0v) is 18.5. The number of carbonyl (C=O) groups is 2. The maximum atomic E-state index is 13.1. The molecule has 0 radical (unpaired) electrons. The van der Waals surface area contributed by atoms with E-state index in [-0.39, 0.29) is 17.6 Å². The van der Waals surface area contributed by atoms with Crippen molar-refractivity contribution < 1.29 is 23.2 Å². The summed E-state index contributed by atoms with van der Waals surface area (Å²) < 4.78 is 23.3. The van der Waals surface area contributed by atoms with Crippen molar-refractivity contribution in [2.24, 2.45) is 5.92 Å². The number of ether oxygens (including phenoxy) is 1. The second-order valence-electron chi connectivity index (χ2n) is 8.05. The van der Waals surface area contributed by atoms with E-state index < -0.39 is 5.97 Å². The minimum Gasteiger partial charge on any atom is -0.465 e. The van der Waals surface area contributed by atoms with Crippen LogP contribution in [-0.2, 0) is 16.1 Å². The lowest BCUT2D eigenvalue weighted by atomic mass is 9.96. The van der Waals surface area contributed by atoms with E-state index in [2.05, 4.69) is 20.4 Å². The Balaban J connectivity index is 1.38. The summed E-state index contributed by atoms with van der Waals surface area (Å²) in [6, 6.07) is 11.1. The molecular weight excluding hydrogens is 427 g/mol. The lowest BCUT2D eigenvalue weighted by molar-refractivity contribution is -0.121. The fourth-order valence-corrected chi connectivity index (χ4v) is 3.98. The number of esters is 1. The Morgan fingerprint density at radius 1 is 1.24 bits per heavy atom. The van der Waals surface area contributed by atoms with E-state index in [0.717, 1.165) is 19.4 Å². The van der Waals surface area contributed by atoms with Gasteiger partial charge in [-0.05, 0) is 68.3 Å². The van der Waals surface area contributed by atoms with Crippen molar-refractivity contribution in [3.8, 4) is 11.4 Å². The first-order valence-electron chi connectivity index (χ1n) is 10.7. The fourth-order valence-electron chi connectivity index (χ4n) is 3.98. The van der Waals surface area contributed by atoms with Crippen LogP contribution in [0.5, 0.6) is 0 Å². The smallest absolute Gasteiger partial charge is 0.338 e. The van der Waals surface area contributed by atoms with Gasteiger partial charge in [-0.2, -0.15) is 4.98 Å². The number of nitrogens with zero attached hydrogens (tertiary/aromatic N) is 3. The van der Waals surface area contributed by atoms with Gasteiger partial charge < -0.3 is 14.6 Å². The largest absolute Gasteiger partial charge is 0.465 e. The van der Waals surface area contributed by atoms with Gasteiger partial charge in [-0.25, -0.2) is 9.18 Å². The van der Waals surface area contributed by atoms with Crippen LogP contribution in [0.2, 0.25) is 0 Å². The van der Waals surface area contributed by atoms with Gasteiger partial charge in [-0.3, -0.25) is 9.69 Å². The molecule has 4 rings (SSSR count). The minimum absolute atomic E-state index is 0.0950. The zero-order chi connectivity index (χ0) is 23.4. The van der Waals surface area contributed by atoms with Crippen LogP contribution in [0.3, 0.4) is 0 Å². The van der Waals surface area contributed by atoms with E-state index in [9.17, 15) is 14.0 Å². The molecule has 33 heavy (non-hydrogen) atoms. The van der Waals surface area contributed by atoms with E-state index in [1.807, 2.05) is 0 Å². The molecule has 0 saturated carbocycles. The summed E-state index contributed by atoms with van der Waals surface area (Å²) in [4.78, 5) is 31.4. The molecule has 1 N–H and O–H groups in total. The highest BCUT2D eigenvalue weighted by Gasteiger charge is 2.27. The highest BCUT2D eigenvalue weighted by molar-refractivity contribution is 5.97. The van der Waals surface area contributed by atoms with Crippen molar-refractivity contribution in [1.29, 1.82) is 0 Å². The summed E-state index contributed by atoms with van der Waals surface area (Å²) in [7, 11) is 1.33. The van der Waals surface area contributed by atoms with Crippen molar-refractivity contribution >= 4 is 17.6 Å². The van der Waals surface area contributed by atoms with Crippen LogP contribution >= 0.6 is 0 Å². The highest BCUT2D eigenvalue weighted by atomic mass is 19.1. The quantitative estimate of drug-likeness (QED) is 0.568. The molecule has 1 aliphatic rings. The molecule has 0 spiro atoms. The number of piperidine rings is 1. The molecule has 9 heteroatoms. The molecular formula is C24H25FN4O4. The van der Waals surface area contributed by atoms with Crippen LogP contribution < -0.4 is 5.32 Å². The van der Waals surface area contributed by atoms with E-state index in [1.54, 1.807) is 37.3 Å². The number of hydrogen-bond acceptors (Lipinski definition) is 7. The van der Waals surface area contributed by atoms with Gasteiger partial charge >= 0.3 is 5.97 Å². The van der Waals surface area contributed by atoms with E-state index in [1.165, 1.54) is 19.2 Å². The number of halogens is 1. The molecule has 1 atom stereocenters. The molecule has 1 amide bonds. The molecule has 2 aromatic carbocycles. The maximum Gasteiger partial charge on any atom is 0.338 e. The van der Waals surface area contributed by atoms with Crippen LogP contribution in [0.25, 0.3) is 11.4 Å². The predicted octanol–water partition coefficient (Wildman–Crippen LogP) is 3.82. The van der Waals surface area contributed by atoms with Crippen LogP contribution in [0.15, 0.2) is 47.0 Å². The molecule has 1 aromatic heterocycles. The maximum absolute atomic E-state index is 13.1. The van der Waals surface area contributed by atoms with Crippen LogP contribution in [-0.4, -0.2) is 47.1 Å². The van der Waals surface area contributed by atoms with Gasteiger partial charge in [-0.1, -0.05) is 11.2 Å². The normalized spacial score (nSPS) is 16.4. The number of aromatic nitrogens is 2. The fraction of sp³-hybridized carbons (Fsp3) is 0.333. The number of nitrogens with one attached hydrogen (secondary N) is 1. The average Bonchev–Trinajstić information content (AvgIpc) is 3.29. The van der Waals surface area contributed by atoms with Gasteiger partial charge in [-0.15, -0.1) is 0 Å². The van der Waals surface area contributed by atoms with Crippen molar-refractivity contribution in [2.75, 3.05) is 25.5 Å². The van der Waals surface area contributed by atoms with Crippen molar-refractivity contribution in [3.05, 3.63) is 65.3 Å². The standard InChI is InChI=1S/C24H25FN4O4/c1-15-19(24(31)32-2)6-3-7-20(15)26-23(30)17-5-4-12-29(13-17)14-21-27-22(28-33-21)16-8-10-18(25)11-9-16/h3,6-11,17H,4-5,12-14H2,1-2H3,(H,26,30). The highest BCUT2D eigenvalue weighted by Crippen LogP contribution is 2.24. The molecule has 1 unspecified atom stereocenters. The third-order valence-corrected chi connectivity index (χ3v) is 5.80. The third-order valence-electron chi connectivity index (χ3n) is 5.80. The minimum atomic E-state index is -0.438. The Kier molecular flexibility index (Phi) is 6.79. The molecule has 8 nitrogen and oxygen atoms in total. The van der Waals surface area contributed by atoms with Gasteiger partial charge in [0.05, 0.1) is 25.1 Å². The van der Waals surface area contributed by atoms with E-state index in [0.29, 0.717) is 47.2 Å². The number of anilines is 1. The summed E-state index contributed by atoms with van der Waals surface area (Å²) in [5.41, 5.74) is 2.37. The Hall–Kier alpha value is -3.59. The molecule has 1 aliphatic heterocycles. The monoisotopic (exact) mass is 452 g/mol. The second kappa shape index (κ2) is 9.91. The zero-order valence-electron chi connectivity index (χ0n) is 18.5. The summed E-state index contributed by atoms with van der Waals surface area (Å²) in [5, 5.41) is 6.94. The first-order chi connectivity index (χ1) is 15.9. The lowest BCUT2D eigenvalue weighted by Gasteiger charge is -2.31. The first kappa shape index (κ1) is 22.6. The number of benzene rings is 2. The number of rotatable bonds is 6.